The van der Waals surface area contributed by atoms with Gasteiger partial charge in [-0.3, -0.25) is 0 Å². The van der Waals surface area contributed by atoms with E-state index in [-0.39, 0.29) is 5.69 Å². The second-order valence-corrected chi connectivity index (χ2v) is 5.59. The number of rotatable bonds is 8. The van der Waals surface area contributed by atoms with E-state index >= 15 is 0 Å². The fraction of sp³-hybridized carbons (Fsp3) is 0.444. The van der Waals surface area contributed by atoms with Crippen molar-refractivity contribution in [2.24, 2.45) is 0 Å². The van der Waals surface area contributed by atoms with Gasteiger partial charge in [0, 0.05) is 31.5 Å². The van der Waals surface area contributed by atoms with Gasteiger partial charge in [0.1, 0.15) is 0 Å². The largest absolute Gasteiger partial charge is 0.418 e. The van der Waals surface area contributed by atoms with Crippen LogP contribution >= 0.6 is 0 Å². The van der Waals surface area contributed by atoms with Crippen molar-refractivity contribution in [2.75, 3.05) is 26.2 Å². The first-order valence-corrected chi connectivity index (χ1v) is 8.23. The Balaban J connectivity index is 2.09. The van der Waals surface area contributed by atoms with Gasteiger partial charge in [0.2, 0.25) is 0 Å². The van der Waals surface area contributed by atoms with Gasteiger partial charge in [0.05, 0.1) is 11.3 Å². The van der Waals surface area contributed by atoms with E-state index in [2.05, 4.69) is 24.1 Å². The van der Waals surface area contributed by atoms with Crippen LogP contribution in [0.5, 0.6) is 0 Å². The van der Waals surface area contributed by atoms with Gasteiger partial charge in [-0.1, -0.05) is 26.0 Å². The fourth-order valence-corrected chi connectivity index (χ4v) is 2.71. The molecular formula is C18H24F3N3. The van der Waals surface area contributed by atoms with Crippen LogP contribution in [0.2, 0.25) is 0 Å². The minimum Gasteiger partial charge on any atom is -0.319 e. The maximum absolute atomic E-state index is 13.2. The second-order valence-electron chi connectivity index (χ2n) is 5.59. The third-order valence-electron chi connectivity index (χ3n) is 4.11. The highest BCUT2D eigenvalue weighted by molar-refractivity contribution is 5.44. The van der Waals surface area contributed by atoms with E-state index in [1.165, 1.54) is 12.1 Å². The van der Waals surface area contributed by atoms with Crippen LogP contribution in [0, 0.1) is 0 Å². The van der Waals surface area contributed by atoms with Gasteiger partial charge in [-0.25, -0.2) is 0 Å². The Labute approximate surface area is 141 Å². The number of alkyl halides is 3. The molecule has 0 bridgehead atoms. The van der Waals surface area contributed by atoms with Crippen molar-refractivity contribution in [3.63, 3.8) is 0 Å². The summed E-state index contributed by atoms with van der Waals surface area (Å²) in [4.78, 5) is 2.30. The van der Waals surface area contributed by atoms with Crippen LogP contribution in [-0.2, 0) is 12.7 Å². The lowest BCUT2D eigenvalue weighted by molar-refractivity contribution is -0.137. The van der Waals surface area contributed by atoms with Gasteiger partial charge < -0.3 is 14.8 Å². The predicted molar refractivity (Wildman–Crippen MR) is 90.3 cm³/mol. The Kier molecular flexibility index (Phi) is 6.45. The zero-order chi connectivity index (χ0) is 17.6. The molecule has 0 aliphatic heterocycles. The standard InChI is InChI=1S/C18H24F3N3/c1-3-23(4-2)13-11-22-14-15-8-7-12-24(15)17-10-6-5-9-16(17)18(19,20)21/h5-10,12,22H,3-4,11,13-14H2,1-2H3. The van der Waals surface area contributed by atoms with Gasteiger partial charge >= 0.3 is 6.18 Å². The number of likely N-dealkylation sites (N-methyl/N-ethyl adjacent to an activating group) is 1. The van der Waals surface area contributed by atoms with E-state index in [1.807, 2.05) is 6.07 Å². The molecule has 24 heavy (non-hydrogen) atoms. The van der Waals surface area contributed by atoms with Crippen LogP contribution in [0.25, 0.3) is 5.69 Å². The molecule has 0 saturated carbocycles. The third-order valence-corrected chi connectivity index (χ3v) is 4.11. The molecule has 0 radical (unpaired) electrons. The SMILES string of the molecule is CCN(CC)CCNCc1cccn1-c1ccccc1C(F)(F)F. The topological polar surface area (TPSA) is 20.2 Å². The van der Waals surface area contributed by atoms with Crippen molar-refractivity contribution in [1.29, 1.82) is 0 Å². The molecule has 0 fully saturated rings. The summed E-state index contributed by atoms with van der Waals surface area (Å²) in [5.41, 5.74) is 0.354. The second kappa shape index (κ2) is 8.35. The van der Waals surface area contributed by atoms with E-state index in [0.717, 1.165) is 37.9 Å². The molecule has 1 aromatic carbocycles. The summed E-state index contributed by atoms with van der Waals surface area (Å²) >= 11 is 0. The molecule has 2 rings (SSSR count). The van der Waals surface area contributed by atoms with E-state index in [1.54, 1.807) is 22.9 Å². The quantitative estimate of drug-likeness (QED) is 0.736. The van der Waals surface area contributed by atoms with Crippen molar-refractivity contribution in [3.05, 3.63) is 53.9 Å². The molecule has 0 atom stereocenters. The van der Waals surface area contributed by atoms with Gasteiger partial charge in [0.15, 0.2) is 0 Å². The molecule has 1 heterocycles. The van der Waals surface area contributed by atoms with Crippen molar-refractivity contribution in [1.82, 2.24) is 14.8 Å². The summed E-state index contributed by atoms with van der Waals surface area (Å²) in [6.07, 6.45) is -2.69. The summed E-state index contributed by atoms with van der Waals surface area (Å²) in [5.74, 6) is 0. The number of para-hydroxylation sites is 1. The van der Waals surface area contributed by atoms with E-state index in [9.17, 15) is 13.2 Å². The average Bonchev–Trinajstić information content (AvgIpc) is 3.02. The van der Waals surface area contributed by atoms with Crippen molar-refractivity contribution in [2.45, 2.75) is 26.6 Å². The Hall–Kier alpha value is -1.79. The van der Waals surface area contributed by atoms with E-state index in [0.29, 0.717) is 6.54 Å². The minimum absolute atomic E-state index is 0.163. The van der Waals surface area contributed by atoms with Crippen LogP contribution in [-0.4, -0.2) is 35.6 Å². The molecule has 0 aliphatic rings. The van der Waals surface area contributed by atoms with Crippen LogP contribution < -0.4 is 5.32 Å². The monoisotopic (exact) mass is 339 g/mol. The minimum atomic E-state index is -4.37. The molecule has 1 aromatic heterocycles. The molecule has 2 aromatic rings. The lowest BCUT2D eigenvalue weighted by Gasteiger charge is -2.19. The maximum atomic E-state index is 13.2. The smallest absolute Gasteiger partial charge is 0.319 e. The normalized spacial score (nSPS) is 12.1. The third kappa shape index (κ3) is 4.61. The Morgan fingerprint density at radius 1 is 1.04 bits per heavy atom. The number of benzene rings is 1. The summed E-state index contributed by atoms with van der Waals surface area (Å²) < 4.78 is 41.2. The van der Waals surface area contributed by atoms with Gasteiger partial charge in [-0.05, 0) is 37.4 Å². The molecule has 0 saturated heterocycles. The van der Waals surface area contributed by atoms with Crippen LogP contribution in [0.3, 0.4) is 0 Å². The van der Waals surface area contributed by atoms with Crippen LogP contribution in [0.1, 0.15) is 25.1 Å². The molecule has 0 amide bonds. The summed E-state index contributed by atoms with van der Waals surface area (Å²) in [7, 11) is 0. The predicted octanol–water partition coefficient (Wildman–Crippen LogP) is 3.93. The first kappa shape index (κ1) is 18.5. The van der Waals surface area contributed by atoms with Crippen molar-refractivity contribution < 1.29 is 13.2 Å². The maximum Gasteiger partial charge on any atom is 0.418 e. The molecule has 0 aliphatic carbocycles. The summed E-state index contributed by atoms with van der Waals surface area (Å²) in [6.45, 7) is 8.47. The lowest BCUT2D eigenvalue weighted by Crippen LogP contribution is -2.32. The highest BCUT2D eigenvalue weighted by Crippen LogP contribution is 2.34. The van der Waals surface area contributed by atoms with E-state index < -0.39 is 11.7 Å². The number of aromatic nitrogens is 1. The molecule has 1 N–H and O–H groups in total. The van der Waals surface area contributed by atoms with Gasteiger partial charge in [0.25, 0.3) is 0 Å². The molecular weight excluding hydrogens is 315 g/mol. The molecule has 132 valence electrons. The van der Waals surface area contributed by atoms with Crippen LogP contribution in [0.4, 0.5) is 13.2 Å². The Bertz CT molecular complexity index is 630. The average molecular weight is 339 g/mol. The number of halogens is 3. The Morgan fingerprint density at radius 3 is 2.42 bits per heavy atom. The highest BCUT2D eigenvalue weighted by atomic mass is 19.4. The highest BCUT2D eigenvalue weighted by Gasteiger charge is 2.33. The summed E-state index contributed by atoms with van der Waals surface area (Å²) in [6, 6.07) is 9.28. The molecule has 6 heteroatoms. The zero-order valence-electron chi connectivity index (χ0n) is 14.1. The molecule has 3 nitrogen and oxygen atoms in total. The van der Waals surface area contributed by atoms with Crippen LogP contribution in [0.15, 0.2) is 42.6 Å². The Morgan fingerprint density at radius 2 is 1.75 bits per heavy atom. The molecule has 0 unspecified atom stereocenters. The number of hydrogen-bond acceptors (Lipinski definition) is 2. The van der Waals surface area contributed by atoms with Crippen molar-refractivity contribution >= 4 is 0 Å². The first-order valence-electron chi connectivity index (χ1n) is 8.23. The van der Waals surface area contributed by atoms with E-state index in [4.69, 9.17) is 0 Å². The summed E-state index contributed by atoms with van der Waals surface area (Å²) in [5, 5.41) is 3.31. The van der Waals surface area contributed by atoms with Gasteiger partial charge in [-0.15, -0.1) is 0 Å². The lowest BCUT2D eigenvalue weighted by atomic mass is 10.1. The zero-order valence-corrected chi connectivity index (χ0v) is 14.1. The first-order chi connectivity index (χ1) is 11.5. The number of nitrogens with one attached hydrogen (secondary N) is 1. The van der Waals surface area contributed by atoms with Crippen molar-refractivity contribution in [3.8, 4) is 5.69 Å². The number of nitrogens with zero attached hydrogens (tertiary/aromatic N) is 2. The van der Waals surface area contributed by atoms with Gasteiger partial charge in [-0.2, -0.15) is 13.2 Å². The molecule has 0 spiro atoms. The number of hydrogen-bond donors (Lipinski definition) is 1. The fourth-order valence-electron chi connectivity index (χ4n) is 2.71.